The molecule has 0 radical (unpaired) electrons. The maximum atomic E-state index is 14.6. The van der Waals surface area contributed by atoms with Gasteiger partial charge in [-0.3, -0.25) is 0 Å². The minimum atomic E-state index is -3.18. The number of nitrogens with zero attached hydrogens (tertiary/aromatic N) is 3. The van der Waals surface area contributed by atoms with Crippen molar-refractivity contribution in [2.24, 2.45) is 5.92 Å². The second-order valence-electron chi connectivity index (χ2n) is 8.83. The quantitative estimate of drug-likeness (QED) is 0.445. The highest BCUT2D eigenvalue weighted by Gasteiger charge is 2.37. The minimum Gasteiger partial charge on any atom is -0.318 e. The Morgan fingerprint density at radius 2 is 2.09 bits per heavy atom. The van der Waals surface area contributed by atoms with Gasteiger partial charge < -0.3 is 4.57 Å². The Balaban J connectivity index is 1.69. The van der Waals surface area contributed by atoms with Crippen LogP contribution in [0.15, 0.2) is 65.8 Å². The number of imidazole rings is 1. The molecule has 1 aromatic heterocycles. The SMILES string of the molecule is C=C1C=C(F)C=CCn2c(cnc2SCC2CCN(S(C)(=O)=O)C2)C1(C)c1ccc(Cl)c(Cl)c1. The molecule has 2 aliphatic heterocycles. The molecule has 2 aliphatic rings. The molecule has 182 valence electrons. The second kappa shape index (κ2) is 9.82. The fourth-order valence-electron chi connectivity index (χ4n) is 4.41. The highest BCUT2D eigenvalue weighted by Crippen LogP contribution is 2.43. The zero-order chi connectivity index (χ0) is 24.7. The van der Waals surface area contributed by atoms with Gasteiger partial charge in [0.1, 0.15) is 5.83 Å². The molecule has 4 rings (SSSR count). The van der Waals surface area contributed by atoms with Crippen LogP contribution in [0, 0.1) is 5.92 Å². The lowest BCUT2D eigenvalue weighted by Gasteiger charge is -2.32. The van der Waals surface area contributed by atoms with Gasteiger partial charge >= 0.3 is 0 Å². The van der Waals surface area contributed by atoms with Crippen molar-refractivity contribution in [2.75, 3.05) is 25.1 Å². The van der Waals surface area contributed by atoms with E-state index in [-0.39, 0.29) is 11.7 Å². The number of fused-ring (bicyclic) bond motifs is 1. The Morgan fingerprint density at radius 3 is 2.76 bits per heavy atom. The van der Waals surface area contributed by atoms with E-state index in [0.717, 1.165) is 28.6 Å². The molecule has 0 spiro atoms. The lowest BCUT2D eigenvalue weighted by atomic mass is 9.73. The summed E-state index contributed by atoms with van der Waals surface area (Å²) in [5.74, 6) is 0.606. The van der Waals surface area contributed by atoms with E-state index in [0.29, 0.717) is 35.3 Å². The summed E-state index contributed by atoms with van der Waals surface area (Å²) in [6, 6.07) is 5.39. The summed E-state index contributed by atoms with van der Waals surface area (Å²) in [5, 5.41) is 1.64. The van der Waals surface area contributed by atoms with Gasteiger partial charge in [-0.05, 0) is 54.7 Å². The van der Waals surface area contributed by atoms with Gasteiger partial charge in [0.05, 0.1) is 33.6 Å². The molecule has 0 amide bonds. The molecule has 10 heteroatoms. The number of halogens is 3. The molecular formula is C24H26Cl2FN3O2S2. The first-order chi connectivity index (χ1) is 16.0. The number of rotatable bonds is 5. The molecule has 0 aliphatic carbocycles. The zero-order valence-electron chi connectivity index (χ0n) is 19.0. The van der Waals surface area contributed by atoms with Crippen molar-refractivity contribution in [1.82, 2.24) is 13.9 Å². The molecule has 0 N–H and O–H groups in total. The van der Waals surface area contributed by atoms with Crippen LogP contribution >= 0.6 is 35.0 Å². The second-order valence-corrected chi connectivity index (χ2v) is 12.6. The smallest absolute Gasteiger partial charge is 0.211 e. The van der Waals surface area contributed by atoms with Gasteiger partial charge in [0.2, 0.25) is 10.0 Å². The number of hydrogen-bond acceptors (Lipinski definition) is 4. The summed E-state index contributed by atoms with van der Waals surface area (Å²) >= 11 is 14.1. The van der Waals surface area contributed by atoms with Crippen LogP contribution in [0.1, 0.15) is 24.6 Å². The molecule has 0 bridgehead atoms. The average molecular weight is 543 g/mol. The first-order valence-corrected chi connectivity index (χ1v) is 14.4. The highest BCUT2D eigenvalue weighted by atomic mass is 35.5. The molecule has 3 heterocycles. The van der Waals surface area contributed by atoms with E-state index in [1.807, 2.05) is 13.0 Å². The van der Waals surface area contributed by atoms with Crippen LogP contribution in [0.3, 0.4) is 0 Å². The normalized spacial score (nSPS) is 23.9. The number of aromatic nitrogens is 2. The van der Waals surface area contributed by atoms with Crippen molar-refractivity contribution >= 4 is 45.0 Å². The Morgan fingerprint density at radius 1 is 1.32 bits per heavy atom. The minimum absolute atomic E-state index is 0.245. The van der Waals surface area contributed by atoms with Crippen LogP contribution in [-0.2, 0) is 22.0 Å². The summed E-state index contributed by atoms with van der Waals surface area (Å²) in [6.45, 7) is 7.68. The molecule has 1 fully saturated rings. The van der Waals surface area contributed by atoms with E-state index in [4.69, 9.17) is 28.2 Å². The Labute approximate surface area is 214 Å². The topological polar surface area (TPSA) is 55.2 Å². The lowest BCUT2D eigenvalue weighted by molar-refractivity contribution is 0.470. The molecule has 2 atom stereocenters. The molecule has 34 heavy (non-hydrogen) atoms. The molecule has 1 aromatic carbocycles. The molecule has 0 saturated carbocycles. The number of sulfonamides is 1. The van der Waals surface area contributed by atoms with Crippen molar-refractivity contribution in [3.63, 3.8) is 0 Å². The fourth-order valence-corrected chi connectivity index (χ4v) is 6.74. The van der Waals surface area contributed by atoms with E-state index in [1.165, 1.54) is 22.7 Å². The molecule has 1 saturated heterocycles. The summed E-state index contributed by atoms with van der Waals surface area (Å²) in [5.41, 5.74) is 1.45. The average Bonchev–Trinajstić information content (AvgIpc) is 3.41. The Hall–Kier alpha value is -1.58. The predicted octanol–water partition coefficient (Wildman–Crippen LogP) is 5.85. The number of allylic oxidation sites excluding steroid dienone is 5. The Kier molecular flexibility index (Phi) is 7.37. The van der Waals surface area contributed by atoms with Crippen molar-refractivity contribution in [2.45, 2.75) is 30.5 Å². The highest BCUT2D eigenvalue weighted by molar-refractivity contribution is 7.99. The monoisotopic (exact) mass is 541 g/mol. The van der Waals surface area contributed by atoms with Crippen LogP contribution < -0.4 is 0 Å². The first-order valence-electron chi connectivity index (χ1n) is 10.8. The van der Waals surface area contributed by atoms with Crippen molar-refractivity contribution in [3.05, 3.63) is 81.9 Å². The molecular weight excluding hydrogens is 516 g/mol. The third-order valence-electron chi connectivity index (χ3n) is 6.51. The van der Waals surface area contributed by atoms with E-state index in [9.17, 15) is 12.8 Å². The first kappa shape index (κ1) is 25.5. The lowest BCUT2D eigenvalue weighted by Crippen LogP contribution is -2.29. The summed E-state index contributed by atoms with van der Waals surface area (Å²) in [4.78, 5) is 4.70. The number of benzene rings is 1. The van der Waals surface area contributed by atoms with Crippen LogP contribution in [0.25, 0.3) is 0 Å². The van der Waals surface area contributed by atoms with Crippen LogP contribution in [0.2, 0.25) is 10.0 Å². The maximum Gasteiger partial charge on any atom is 0.211 e. The third kappa shape index (κ3) is 5.02. The third-order valence-corrected chi connectivity index (χ3v) is 9.74. The summed E-state index contributed by atoms with van der Waals surface area (Å²) in [6.07, 6.45) is 8.51. The molecule has 2 unspecified atom stereocenters. The van der Waals surface area contributed by atoms with Gasteiger partial charge in [-0.15, -0.1) is 0 Å². The van der Waals surface area contributed by atoms with Crippen LogP contribution in [0.4, 0.5) is 4.39 Å². The van der Waals surface area contributed by atoms with E-state index in [2.05, 4.69) is 11.1 Å². The summed E-state index contributed by atoms with van der Waals surface area (Å²) in [7, 11) is -3.18. The van der Waals surface area contributed by atoms with Gasteiger partial charge in [-0.25, -0.2) is 22.1 Å². The maximum absolute atomic E-state index is 14.6. The number of hydrogen-bond donors (Lipinski definition) is 0. The van der Waals surface area contributed by atoms with E-state index in [1.54, 1.807) is 36.2 Å². The standard InChI is InChI=1S/C24H26Cl2FN3O2S2/c1-16-11-19(27)5-4-9-30-22(24(16,2)18-6-7-20(25)21(26)12-18)13-28-23(30)33-15-17-8-10-29(14-17)34(3,31)32/h4-7,11-13,17H,1,8-10,14-15H2,2-3H3. The number of thioether (sulfide) groups is 1. The van der Waals surface area contributed by atoms with Crippen molar-refractivity contribution < 1.29 is 12.8 Å². The summed E-state index contributed by atoms with van der Waals surface area (Å²) < 4.78 is 41.8. The predicted molar refractivity (Wildman–Crippen MR) is 138 cm³/mol. The van der Waals surface area contributed by atoms with Gasteiger partial charge in [-0.2, -0.15) is 0 Å². The zero-order valence-corrected chi connectivity index (χ0v) is 22.1. The van der Waals surface area contributed by atoms with Gasteiger partial charge in [-0.1, -0.05) is 53.7 Å². The van der Waals surface area contributed by atoms with E-state index >= 15 is 0 Å². The van der Waals surface area contributed by atoms with Crippen molar-refractivity contribution in [1.29, 1.82) is 0 Å². The van der Waals surface area contributed by atoms with Crippen LogP contribution in [0.5, 0.6) is 0 Å². The van der Waals surface area contributed by atoms with Gasteiger partial charge in [0.25, 0.3) is 0 Å². The van der Waals surface area contributed by atoms with Gasteiger partial charge in [0, 0.05) is 25.4 Å². The van der Waals surface area contributed by atoms with Gasteiger partial charge in [0.15, 0.2) is 5.16 Å². The van der Waals surface area contributed by atoms with Crippen molar-refractivity contribution in [3.8, 4) is 0 Å². The largest absolute Gasteiger partial charge is 0.318 e. The van der Waals surface area contributed by atoms with Crippen LogP contribution in [-0.4, -0.2) is 47.4 Å². The molecule has 5 nitrogen and oxygen atoms in total. The molecule has 2 aromatic rings. The Bertz CT molecular complexity index is 1290. The van der Waals surface area contributed by atoms with E-state index < -0.39 is 15.4 Å². The fraction of sp³-hybridized carbons (Fsp3) is 0.375.